The Bertz CT molecular complexity index is 1060. The molecule has 10 nitrogen and oxygen atoms in total. The Balaban J connectivity index is 0.898. The molecule has 0 radical (unpaired) electrons. The van der Waals surface area contributed by atoms with Crippen molar-refractivity contribution in [3.63, 3.8) is 0 Å². The van der Waals surface area contributed by atoms with Crippen LogP contribution in [0.1, 0.15) is 85.5 Å². The van der Waals surface area contributed by atoms with Crippen molar-refractivity contribution in [1.82, 2.24) is 0 Å². The van der Waals surface area contributed by atoms with E-state index in [0.717, 1.165) is 62.5 Å². The Morgan fingerprint density at radius 2 is 1.09 bits per heavy atom. The van der Waals surface area contributed by atoms with Gasteiger partial charge in [0.2, 0.25) is 11.6 Å². The monoisotopic (exact) mass is 604 g/mol. The van der Waals surface area contributed by atoms with Crippen molar-refractivity contribution in [3.8, 4) is 0 Å². The van der Waals surface area contributed by atoms with Crippen LogP contribution in [0, 0.1) is 35.5 Å². The molecule has 0 aromatic carbocycles. The van der Waals surface area contributed by atoms with Crippen molar-refractivity contribution >= 4 is 0 Å². The third kappa shape index (κ3) is 4.28. The molecule has 10 heteroatoms. The fraction of sp³-hybridized carbons (Fsp3) is 0.879. The van der Waals surface area contributed by atoms with E-state index in [1.54, 1.807) is 0 Å². The molecule has 0 unspecified atom stereocenters. The Morgan fingerprint density at radius 3 is 1.53 bits per heavy atom. The highest BCUT2D eigenvalue weighted by Gasteiger charge is 2.70. The molecule has 2 aliphatic carbocycles. The summed E-state index contributed by atoms with van der Waals surface area (Å²) in [5.74, 6) is 0.0103. The second-order valence-corrected chi connectivity index (χ2v) is 14.9. The van der Waals surface area contributed by atoms with E-state index in [1.165, 1.54) is 0 Å². The molecule has 10 aliphatic rings. The van der Waals surface area contributed by atoms with Gasteiger partial charge in [-0.1, -0.05) is 27.0 Å². The topological polar surface area (TPSA) is 92.3 Å². The molecule has 2 spiro atoms. The fourth-order valence-electron chi connectivity index (χ4n) is 9.85. The van der Waals surface area contributed by atoms with E-state index in [2.05, 4.69) is 27.0 Å². The van der Waals surface area contributed by atoms with Crippen LogP contribution in [-0.4, -0.2) is 61.2 Å². The van der Waals surface area contributed by atoms with Gasteiger partial charge in [-0.25, -0.2) is 19.6 Å². The first kappa shape index (κ1) is 29.5. The molecule has 10 rings (SSSR count). The zero-order valence-corrected chi connectivity index (χ0v) is 26.0. The van der Waals surface area contributed by atoms with Crippen LogP contribution >= 0.6 is 0 Å². The van der Waals surface area contributed by atoms with E-state index in [9.17, 15) is 0 Å². The Kier molecular flexibility index (Phi) is 7.05. The highest BCUT2D eigenvalue weighted by Crippen LogP contribution is 2.62. The molecule has 14 atom stereocenters. The first-order valence-corrected chi connectivity index (χ1v) is 16.6. The van der Waals surface area contributed by atoms with Gasteiger partial charge in [0.05, 0.1) is 13.2 Å². The summed E-state index contributed by atoms with van der Waals surface area (Å²) in [5.41, 5.74) is 0.452. The molecule has 10 fully saturated rings. The third-order valence-corrected chi connectivity index (χ3v) is 12.3. The summed E-state index contributed by atoms with van der Waals surface area (Å²) in [7, 11) is 0. The molecular weight excluding hydrogens is 556 g/mol. The van der Waals surface area contributed by atoms with Crippen LogP contribution in [0.3, 0.4) is 0 Å². The molecule has 8 heterocycles. The lowest BCUT2D eigenvalue weighted by molar-refractivity contribution is -0.567. The first-order chi connectivity index (χ1) is 20.6. The number of ether oxygens (including phenoxy) is 6. The van der Waals surface area contributed by atoms with Crippen LogP contribution in [0.25, 0.3) is 0 Å². The Labute approximate surface area is 254 Å². The van der Waals surface area contributed by atoms with Gasteiger partial charge in [0, 0.05) is 24.7 Å². The fourth-order valence-corrected chi connectivity index (χ4v) is 9.85. The van der Waals surface area contributed by atoms with Crippen molar-refractivity contribution < 1.29 is 48.0 Å². The minimum absolute atomic E-state index is 0.0487. The maximum Gasteiger partial charge on any atom is 0.201 e. The molecule has 8 aliphatic heterocycles. The quantitative estimate of drug-likeness (QED) is 0.215. The van der Waals surface area contributed by atoms with Gasteiger partial charge in [0.25, 0.3) is 0 Å². The van der Waals surface area contributed by atoms with Gasteiger partial charge in [-0.15, -0.1) is 0 Å². The van der Waals surface area contributed by atoms with E-state index < -0.39 is 47.9 Å². The highest BCUT2D eigenvalue weighted by atomic mass is 17.3. The van der Waals surface area contributed by atoms with Crippen molar-refractivity contribution in [2.45, 2.75) is 133 Å². The highest BCUT2D eigenvalue weighted by molar-refractivity contribution is 5.23. The van der Waals surface area contributed by atoms with E-state index in [0.29, 0.717) is 31.5 Å². The van der Waals surface area contributed by atoms with Gasteiger partial charge in [0.1, 0.15) is 0 Å². The van der Waals surface area contributed by atoms with Crippen LogP contribution < -0.4 is 0 Å². The minimum atomic E-state index is -0.818. The normalized spacial score (nSPS) is 55.3. The Morgan fingerprint density at radius 1 is 0.651 bits per heavy atom. The lowest BCUT2D eigenvalue weighted by Crippen LogP contribution is -2.69. The van der Waals surface area contributed by atoms with Gasteiger partial charge in [-0.3, -0.25) is 0 Å². The van der Waals surface area contributed by atoms with Crippen molar-refractivity contribution in [1.29, 1.82) is 0 Å². The summed E-state index contributed by atoms with van der Waals surface area (Å²) in [6, 6.07) is 0. The number of hydrogen-bond acceptors (Lipinski definition) is 10. The zero-order valence-electron chi connectivity index (χ0n) is 26.0. The molecule has 0 aromatic rings. The predicted molar refractivity (Wildman–Crippen MR) is 150 cm³/mol. The van der Waals surface area contributed by atoms with E-state index in [4.69, 9.17) is 48.0 Å². The van der Waals surface area contributed by atoms with Gasteiger partial charge in [0.15, 0.2) is 36.4 Å². The van der Waals surface area contributed by atoms with Crippen LogP contribution in [0.4, 0.5) is 0 Å². The second-order valence-electron chi connectivity index (χ2n) is 14.9. The molecule has 0 aromatic heterocycles. The molecule has 0 amide bonds. The molecule has 240 valence electrons. The lowest BCUT2D eigenvalue weighted by atomic mass is 9.59. The SMILES string of the molecule is C=C1[C@@H](OCCCO[C@H]2O[C@@H]3O[C@@]4(C)CC[C@H]5[C@H](C)CC[C@@H](C2=C)[C@@]35OO4)O[C@@H]2O[C@@]3(C)CC[C@H]4[C@H](C)CC[C@@H]1[C@@]24OO3. The minimum Gasteiger partial charge on any atom is -0.348 e. The van der Waals surface area contributed by atoms with Gasteiger partial charge >= 0.3 is 0 Å². The van der Waals surface area contributed by atoms with E-state index in [-0.39, 0.29) is 23.7 Å². The molecule has 2 saturated carbocycles. The Hall–Kier alpha value is -0.920. The standard InChI is InChI=1S/C33H48O10/c1-18-8-10-24-20(3)26(36-28-32(24)22(18)12-14-30(5,38-28)40-42-32)34-16-7-17-35-27-21(4)25-11-9-19(2)23-13-15-31(6)39-29(37-27)33(23,25)43-41-31/h18-19,22-29H,3-4,7-17H2,1-2,5-6H3/t18-,19-,22+,23+,24+,25+,26+,27+,28-,29-,30-,31-,32-,33-/m1/s1. The third-order valence-electron chi connectivity index (χ3n) is 12.3. The van der Waals surface area contributed by atoms with E-state index >= 15 is 0 Å². The summed E-state index contributed by atoms with van der Waals surface area (Å²) >= 11 is 0. The summed E-state index contributed by atoms with van der Waals surface area (Å²) in [5, 5.41) is 0. The second kappa shape index (κ2) is 10.3. The van der Waals surface area contributed by atoms with Gasteiger partial charge < -0.3 is 28.4 Å². The zero-order chi connectivity index (χ0) is 29.8. The average molecular weight is 605 g/mol. The molecule has 8 saturated heterocycles. The molecule has 0 N–H and O–H groups in total. The summed E-state index contributed by atoms with van der Waals surface area (Å²) in [4.78, 5) is 24.2. The van der Waals surface area contributed by atoms with Gasteiger partial charge in [-0.05, 0) is 93.6 Å². The predicted octanol–water partition coefficient (Wildman–Crippen LogP) is 5.67. The van der Waals surface area contributed by atoms with Crippen LogP contribution in [0.2, 0.25) is 0 Å². The van der Waals surface area contributed by atoms with Crippen molar-refractivity contribution in [3.05, 3.63) is 24.3 Å². The van der Waals surface area contributed by atoms with Crippen molar-refractivity contribution in [2.75, 3.05) is 13.2 Å². The maximum atomic E-state index is 6.46. The summed E-state index contributed by atoms with van der Waals surface area (Å²) < 4.78 is 38.3. The molecule has 43 heavy (non-hydrogen) atoms. The maximum absolute atomic E-state index is 6.46. The van der Waals surface area contributed by atoms with E-state index in [1.807, 2.05) is 13.8 Å². The summed E-state index contributed by atoms with van der Waals surface area (Å²) in [6.07, 6.45) is 5.99. The van der Waals surface area contributed by atoms with Gasteiger partial charge in [-0.2, -0.15) is 0 Å². The van der Waals surface area contributed by atoms with Crippen LogP contribution in [0.15, 0.2) is 24.3 Å². The average Bonchev–Trinajstić information content (AvgIpc) is 3.35. The largest absolute Gasteiger partial charge is 0.348 e. The van der Waals surface area contributed by atoms with Crippen molar-refractivity contribution in [2.24, 2.45) is 35.5 Å². The summed E-state index contributed by atoms with van der Waals surface area (Å²) in [6.45, 7) is 18.2. The molecule has 4 bridgehead atoms. The van der Waals surface area contributed by atoms with Crippen LogP contribution in [-0.2, 0) is 48.0 Å². The van der Waals surface area contributed by atoms with Crippen LogP contribution in [0.5, 0.6) is 0 Å². The number of fused-ring (bicyclic) bond motifs is 4. The smallest absolute Gasteiger partial charge is 0.201 e. The first-order valence-electron chi connectivity index (χ1n) is 16.6. The lowest BCUT2D eigenvalue weighted by Gasteiger charge is -2.58. The number of rotatable bonds is 6. The number of hydrogen-bond donors (Lipinski definition) is 0. The molecular formula is C33H48O10.